The highest BCUT2D eigenvalue weighted by molar-refractivity contribution is 6.17. The molecular weight excluding hydrogens is 416 g/mol. The second-order valence-corrected chi connectivity index (χ2v) is 6.76. The standard InChI is InChI=1S/C21H43ClO8/c1-23-8-9-25-12-13-27-16-17-29-20-21-30-19-18-28-15-14-26-11-10-24-7-5-3-2-4-6-22/h2-21H2,1H3. The van der Waals surface area contributed by atoms with Crippen molar-refractivity contribution < 1.29 is 37.9 Å². The molecule has 0 saturated carbocycles. The molecule has 8 nitrogen and oxygen atoms in total. The van der Waals surface area contributed by atoms with Crippen molar-refractivity contribution in [2.45, 2.75) is 25.7 Å². The molecule has 9 heteroatoms. The third kappa shape index (κ3) is 28.0. The molecule has 0 bridgehead atoms. The lowest BCUT2D eigenvalue weighted by atomic mass is 10.2. The van der Waals surface area contributed by atoms with Crippen LogP contribution >= 0.6 is 11.6 Å². The predicted octanol–water partition coefficient (Wildman–Crippen LogP) is 2.55. The summed E-state index contributed by atoms with van der Waals surface area (Å²) in [5.74, 6) is 0.751. The Hall–Kier alpha value is -0.0300. The monoisotopic (exact) mass is 458 g/mol. The van der Waals surface area contributed by atoms with E-state index in [9.17, 15) is 0 Å². The van der Waals surface area contributed by atoms with E-state index in [1.807, 2.05) is 0 Å². The molecule has 0 atom stereocenters. The van der Waals surface area contributed by atoms with Crippen LogP contribution in [-0.2, 0) is 37.9 Å². The van der Waals surface area contributed by atoms with Crippen LogP contribution in [0.4, 0.5) is 0 Å². The molecule has 0 radical (unpaired) electrons. The number of unbranched alkanes of at least 4 members (excludes halogenated alkanes) is 3. The summed E-state index contributed by atoms with van der Waals surface area (Å²) in [5.41, 5.74) is 0. The van der Waals surface area contributed by atoms with Crippen LogP contribution in [0.15, 0.2) is 0 Å². The number of rotatable bonds is 27. The van der Waals surface area contributed by atoms with E-state index in [-0.39, 0.29) is 0 Å². The lowest BCUT2D eigenvalue weighted by Gasteiger charge is -2.08. The molecule has 0 aromatic rings. The molecule has 0 aromatic heterocycles. The average molecular weight is 459 g/mol. The predicted molar refractivity (Wildman–Crippen MR) is 117 cm³/mol. The molecule has 0 aliphatic heterocycles. The van der Waals surface area contributed by atoms with Gasteiger partial charge >= 0.3 is 0 Å². The van der Waals surface area contributed by atoms with Crippen molar-refractivity contribution in [2.24, 2.45) is 0 Å². The van der Waals surface area contributed by atoms with Crippen molar-refractivity contribution in [1.82, 2.24) is 0 Å². The molecule has 0 aromatic carbocycles. The summed E-state index contributed by atoms with van der Waals surface area (Å²) in [6.45, 7) is 8.77. The van der Waals surface area contributed by atoms with E-state index >= 15 is 0 Å². The Morgan fingerprint density at radius 1 is 0.367 bits per heavy atom. The van der Waals surface area contributed by atoms with Crippen molar-refractivity contribution in [3.05, 3.63) is 0 Å². The van der Waals surface area contributed by atoms with Gasteiger partial charge in [-0.3, -0.25) is 0 Å². The van der Waals surface area contributed by atoms with E-state index in [2.05, 4.69) is 0 Å². The lowest BCUT2D eigenvalue weighted by Crippen LogP contribution is -2.14. The van der Waals surface area contributed by atoms with Gasteiger partial charge in [-0.05, 0) is 12.8 Å². The lowest BCUT2D eigenvalue weighted by molar-refractivity contribution is -0.0221. The molecule has 0 aliphatic carbocycles. The Morgan fingerprint density at radius 2 is 0.667 bits per heavy atom. The van der Waals surface area contributed by atoms with Crippen molar-refractivity contribution >= 4 is 11.6 Å². The molecule has 0 rings (SSSR count). The second-order valence-electron chi connectivity index (χ2n) is 6.38. The smallest absolute Gasteiger partial charge is 0.0701 e. The van der Waals surface area contributed by atoms with Gasteiger partial charge in [0.15, 0.2) is 0 Å². The van der Waals surface area contributed by atoms with Gasteiger partial charge in [-0.1, -0.05) is 12.8 Å². The van der Waals surface area contributed by atoms with E-state index < -0.39 is 0 Å². The Balaban J connectivity index is 2.97. The Labute approximate surface area is 187 Å². The van der Waals surface area contributed by atoms with Crippen LogP contribution in [-0.4, -0.2) is 112 Å². The molecule has 182 valence electrons. The first-order valence-electron chi connectivity index (χ1n) is 11.0. The quantitative estimate of drug-likeness (QED) is 0.137. The van der Waals surface area contributed by atoms with Crippen LogP contribution in [0.25, 0.3) is 0 Å². The van der Waals surface area contributed by atoms with Crippen molar-refractivity contribution in [3.63, 3.8) is 0 Å². The minimum absolute atomic E-state index is 0.545. The van der Waals surface area contributed by atoms with Gasteiger partial charge in [0.1, 0.15) is 0 Å². The van der Waals surface area contributed by atoms with Crippen molar-refractivity contribution in [1.29, 1.82) is 0 Å². The first-order chi connectivity index (χ1) is 14.9. The summed E-state index contributed by atoms with van der Waals surface area (Å²) in [6.07, 6.45) is 4.53. The average Bonchev–Trinajstić information content (AvgIpc) is 2.76. The number of hydrogen-bond donors (Lipinski definition) is 0. The maximum absolute atomic E-state index is 5.63. The maximum atomic E-state index is 5.63. The summed E-state index contributed by atoms with van der Waals surface area (Å²) in [6, 6.07) is 0. The van der Waals surface area contributed by atoms with E-state index in [4.69, 9.17) is 49.5 Å². The van der Waals surface area contributed by atoms with Gasteiger partial charge in [0.2, 0.25) is 0 Å². The number of methoxy groups -OCH3 is 1. The van der Waals surface area contributed by atoms with Crippen molar-refractivity contribution in [2.75, 3.05) is 112 Å². The summed E-state index contributed by atoms with van der Waals surface area (Å²) in [7, 11) is 1.65. The zero-order chi connectivity index (χ0) is 21.8. The van der Waals surface area contributed by atoms with Crippen LogP contribution in [0.2, 0.25) is 0 Å². The second kappa shape index (κ2) is 29.0. The molecule has 0 saturated heterocycles. The van der Waals surface area contributed by atoms with E-state index in [1.165, 1.54) is 12.8 Å². The summed E-state index contributed by atoms with van der Waals surface area (Å²) in [4.78, 5) is 0. The van der Waals surface area contributed by atoms with Gasteiger partial charge in [-0.15, -0.1) is 11.6 Å². The first kappa shape index (κ1) is 30.0. The molecule has 0 aliphatic rings. The number of alkyl halides is 1. The number of hydrogen-bond acceptors (Lipinski definition) is 8. The van der Waals surface area contributed by atoms with E-state index in [0.717, 1.165) is 25.3 Å². The van der Waals surface area contributed by atoms with Crippen LogP contribution in [0.1, 0.15) is 25.7 Å². The fourth-order valence-corrected chi connectivity index (χ4v) is 2.40. The van der Waals surface area contributed by atoms with Gasteiger partial charge < -0.3 is 37.9 Å². The summed E-state index contributed by atoms with van der Waals surface area (Å²) in [5, 5.41) is 0. The molecule has 0 heterocycles. The molecule has 0 N–H and O–H groups in total. The van der Waals surface area contributed by atoms with Gasteiger partial charge in [0.25, 0.3) is 0 Å². The number of halogens is 1. The van der Waals surface area contributed by atoms with Crippen LogP contribution in [0.3, 0.4) is 0 Å². The normalized spacial score (nSPS) is 11.4. The highest BCUT2D eigenvalue weighted by Gasteiger charge is 1.95. The molecular formula is C21H43ClO8. The van der Waals surface area contributed by atoms with Crippen molar-refractivity contribution in [3.8, 4) is 0 Å². The van der Waals surface area contributed by atoms with Gasteiger partial charge in [0.05, 0.1) is 92.5 Å². The topological polar surface area (TPSA) is 73.8 Å². The van der Waals surface area contributed by atoms with Gasteiger partial charge in [-0.25, -0.2) is 0 Å². The molecule has 0 unspecified atom stereocenters. The van der Waals surface area contributed by atoms with Crippen LogP contribution in [0.5, 0.6) is 0 Å². The van der Waals surface area contributed by atoms with Crippen LogP contribution in [0, 0.1) is 0 Å². The maximum Gasteiger partial charge on any atom is 0.0701 e. The molecule has 0 fully saturated rings. The minimum atomic E-state index is 0.545. The molecule has 0 spiro atoms. The fourth-order valence-electron chi connectivity index (χ4n) is 2.22. The first-order valence-corrected chi connectivity index (χ1v) is 11.5. The Bertz CT molecular complexity index is 272. The largest absolute Gasteiger partial charge is 0.382 e. The zero-order valence-corrected chi connectivity index (χ0v) is 19.5. The molecule has 0 amide bonds. The molecule has 30 heavy (non-hydrogen) atoms. The highest BCUT2D eigenvalue weighted by atomic mass is 35.5. The highest BCUT2D eigenvalue weighted by Crippen LogP contribution is 2.01. The van der Waals surface area contributed by atoms with Gasteiger partial charge in [0, 0.05) is 19.6 Å². The van der Waals surface area contributed by atoms with Crippen LogP contribution < -0.4 is 0 Å². The van der Waals surface area contributed by atoms with E-state index in [0.29, 0.717) is 92.5 Å². The summed E-state index contributed by atoms with van der Waals surface area (Å²) < 4.78 is 42.8. The zero-order valence-electron chi connectivity index (χ0n) is 18.8. The third-order valence-electron chi connectivity index (χ3n) is 3.84. The van der Waals surface area contributed by atoms with Gasteiger partial charge in [-0.2, -0.15) is 0 Å². The van der Waals surface area contributed by atoms with E-state index in [1.54, 1.807) is 7.11 Å². The SMILES string of the molecule is COCCOCCOCCOCCOCCOCCOCCOCCCCCCCl. The fraction of sp³-hybridized carbons (Fsp3) is 1.00. The number of ether oxygens (including phenoxy) is 8. The minimum Gasteiger partial charge on any atom is -0.382 e. The third-order valence-corrected chi connectivity index (χ3v) is 4.10. The Kier molecular flexibility index (Phi) is 28.9. The Morgan fingerprint density at radius 3 is 1.00 bits per heavy atom. The summed E-state index contributed by atoms with van der Waals surface area (Å²) >= 11 is 5.63.